The first-order valence-electron chi connectivity index (χ1n) is 8.69. The summed E-state index contributed by atoms with van der Waals surface area (Å²) in [5.74, 6) is -0.0250. The minimum Gasteiger partial charge on any atom is -0.324 e. The van der Waals surface area contributed by atoms with Gasteiger partial charge in [0, 0.05) is 11.6 Å². The second-order valence-electron chi connectivity index (χ2n) is 6.95. The van der Waals surface area contributed by atoms with Gasteiger partial charge in [-0.15, -0.1) is 0 Å². The molecular weight excluding hydrogens is 407 g/mol. The van der Waals surface area contributed by atoms with Crippen LogP contribution in [-0.2, 0) is 20.2 Å². The number of benzene rings is 2. The SMILES string of the molecule is O=C(Nc1cc(N2CCCS2(=O)=O)ccc1Cl)C1(c2cccc(Cl)c2)CC1. The fourth-order valence-corrected chi connectivity index (χ4v) is 5.41. The van der Waals surface area contributed by atoms with E-state index in [1.807, 2.05) is 18.2 Å². The summed E-state index contributed by atoms with van der Waals surface area (Å²) in [6.45, 7) is 0.434. The van der Waals surface area contributed by atoms with Crippen LogP contribution in [0.3, 0.4) is 0 Å². The molecule has 5 nitrogen and oxygen atoms in total. The quantitative estimate of drug-likeness (QED) is 0.799. The van der Waals surface area contributed by atoms with Crippen molar-refractivity contribution in [1.29, 1.82) is 0 Å². The zero-order chi connectivity index (χ0) is 19.2. The Bertz CT molecular complexity index is 1020. The third kappa shape index (κ3) is 3.42. The molecule has 8 heteroatoms. The van der Waals surface area contributed by atoms with Crippen LogP contribution >= 0.6 is 23.2 Å². The molecule has 2 aromatic rings. The summed E-state index contributed by atoms with van der Waals surface area (Å²) in [5, 5.41) is 3.84. The van der Waals surface area contributed by atoms with Gasteiger partial charge in [-0.3, -0.25) is 9.10 Å². The van der Waals surface area contributed by atoms with Crippen molar-refractivity contribution >= 4 is 50.5 Å². The molecule has 1 saturated carbocycles. The molecule has 0 atom stereocenters. The first-order valence-corrected chi connectivity index (χ1v) is 11.1. The highest BCUT2D eigenvalue weighted by Gasteiger charge is 2.51. The molecule has 142 valence electrons. The first kappa shape index (κ1) is 18.6. The van der Waals surface area contributed by atoms with E-state index in [-0.39, 0.29) is 11.7 Å². The number of hydrogen-bond acceptors (Lipinski definition) is 3. The number of halogens is 2. The molecule has 2 fully saturated rings. The average Bonchev–Trinajstić information content (AvgIpc) is 3.36. The van der Waals surface area contributed by atoms with Crippen LogP contribution in [0, 0.1) is 0 Å². The largest absolute Gasteiger partial charge is 0.324 e. The number of nitrogens with one attached hydrogen (secondary N) is 1. The van der Waals surface area contributed by atoms with E-state index >= 15 is 0 Å². The van der Waals surface area contributed by atoms with Crippen LogP contribution in [0.15, 0.2) is 42.5 Å². The van der Waals surface area contributed by atoms with Crippen LogP contribution in [0.1, 0.15) is 24.8 Å². The summed E-state index contributed by atoms with van der Waals surface area (Å²) in [5.41, 5.74) is 1.19. The van der Waals surface area contributed by atoms with E-state index in [0.717, 1.165) is 18.4 Å². The first-order chi connectivity index (χ1) is 12.8. The zero-order valence-electron chi connectivity index (χ0n) is 14.4. The monoisotopic (exact) mass is 424 g/mol. The normalized spacial score (nSPS) is 19.7. The summed E-state index contributed by atoms with van der Waals surface area (Å²) in [6.07, 6.45) is 2.05. The lowest BCUT2D eigenvalue weighted by Gasteiger charge is -2.20. The lowest BCUT2D eigenvalue weighted by atomic mass is 9.95. The van der Waals surface area contributed by atoms with E-state index in [2.05, 4.69) is 5.32 Å². The van der Waals surface area contributed by atoms with E-state index in [1.54, 1.807) is 24.3 Å². The second kappa shape index (κ2) is 6.69. The van der Waals surface area contributed by atoms with Crippen LogP contribution in [0.25, 0.3) is 0 Å². The summed E-state index contributed by atoms with van der Waals surface area (Å²) < 4.78 is 25.7. The maximum Gasteiger partial charge on any atom is 0.235 e. The van der Waals surface area contributed by atoms with Gasteiger partial charge < -0.3 is 5.32 Å². The molecule has 0 spiro atoms. The van der Waals surface area contributed by atoms with Crippen molar-refractivity contribution < 1.29 is 13.2 Å². The lowest BCUT2D eigenvalue weighted by Crippen LogP contribution is -2.28. The Labute approximate surface area is 168 Å². The van der Waals surface area contributed by atoms with E-state index in [4.69, 9.17) is 23.2 Å². The summed E-state index contributed by atoms with van der Waals surface area (Å²) in [4.78, 5) is 13.0. The van der Waals surface area contributed by atoms with Crippen LogP contribution < -0.4 is 9.62 Å². The third-order valence-corrected chi connectivity index (χ3v) is 7.58. The van der Waals surface area contributed by atoms with Crippen LogP contribution in [0.4, 0.5) is 11.4 Å². The number of hydrogen-bond donors (Lipinski definition) is 1. The van der Waals surface area contributed by atoms with Crippen molar-refractivity contribution in [3.8, 4) is 0 Å². The number of rotatable bonds is 4. The summed E-state index contributed by atoms with van der Waals surface area (Å²) in [7, 11) is -3.30. The Morgan fingerprint density at radius 2 is 1.89 bits per heavy atom. The van der Waals surface area contributed by atoms with Crippen molar-refractivity contribution in [2.24, 2.45) is 0 Å². The minimum absolute atomic E-state index is 0.134. The van der Waals surface area contributed by atoms with Gasteiger partial charge in [0.2, 0.25) is 15.9 Å². The van der Waals surface area contributed by atoms with Gasteiger partial charge in [0.15, 0.2) is 0 Å². The maximum atomic E-state index is 13.0. The number of amides is 1. The number of carbonyl (C=O) groups excluding carboxylic acids is 1. The number of nitrogens with zero attached hydrogens (tertiary/aromatic N) is 1. The molecular formula is C19H18Cl2N2O3S. The number of anilines is 2. The smallest absolute Gasteiger partial charge is 0.235 e. The van der Waals surface area contributed by atoms with Crippen molar-refractivity contribution in [2.45, 2.75) is 24.7 Å². The molecule has 0 bridgehead atoms. The Morgan fingerprint density at radius 1 is 1.11 bits per heavy atom. The van der Waals surface area contributed by atoms with Gasteiger partial charge in [-0.05, 0) is 55.2 Å². The second-order valence-corrected chi connectivity index (χ2v) is 9.81. The molecule has 27 heavy (non-hydrogen) atoms. The Balaban J connectivity index is 1.61. The molecule has 1 heterocycles. The number of sulfonamides is 1. The van der Waals surface area contributed by atoms with Gasteiger partial charge >= 0.3 is 0 Å². The van der Waals surface area contributed by atoms with Crippen LogP contribution in [-0.4, -0.2) is 26.6 Å². The topological polar surface area (TPSA) is 66.5 Å². The maximum absolute atomic E-state index is 13.0. The van der Waals surface area contributed by atoms with Crippen molar-refractivity contribution in [3.05, 3.63) is 58.1 Å². The van der Waals surface area contributed by atoms with E-state index < -0.39 is 15.4 Å². The molecule has 1 aliphatic carbocycles. The van der Waals surface area contributed by atoms with E-state index in [9.17, 15) is 13.2 Å². The standard InChI is InChI=1S/C19H18Cl2N2O3S/c20-14-4-1-3-13(11-14)19(7-8-19)18(24)22-17-12-15(5-6-16(17)21)23-9-2-10-27(23,25)26/h1,3-6,11-12H,2,7-10H2,(H,22,24). The molecule has 0 radical (unpaired) electrons. The summed E-state index contributed by atoms with van der Waals surface area (Å²) in [6, 6.07) is 12.2. The van der Waals surface area contributed by atoms with Gasteiger partial charge in [-0.2, -0.15) is 0 Å². The highest BCUT2D eigenvalue weighted by Crippen LogP contribution is 2.49. The van der Waals surface area contributed by atoms with E-state index in [1.165, 1.54) is 4.31 Å². The zero-order valence-corrected chi connectivity index (χ0v) is 16.7. The molecule has 1 amide bonds. The van der Waals surface area contributed by atoms with Gasteiger partial charge in [-0.1, -0.05) is 35.3 Å². The molecule has 0 unspecified atom stereocenters. The predicted octanol–water partition coefficient (Wildman–Crippen LogP) is 4.20. The molecule has 4 rings (SSSR count). The molecule has 1 saturated heterocycles. The fraction of sp³-hybridized carbons (Fsp3) is 0.316. The molecule has 2 aromatic carbocycles. The lowest BCUT2D eigenvalue weighted by molar-refractivity contribution is -0.118. The minimum atomic E-state index is -3.30. The van der Waals surface area contributed by atoms with Crippen molar-refractivity contribution in [3.63, 3.8) is 0 Å². The molecule has 2 aliphatic rings. The Kier molecular flexibility index (Phi) is 4.61. The Morgan fingerprint density at radius 3 is 2.52 bits per heavy atom. The fourth-order valence-electron chi connectivity index (χ4n) is 3.49. The highest BCUT2D eigenvalue weighted by molar-refractivity contribution is 7.93. The van der Waals surface area contributed by atoms with Crippen LogP contribution in [0.2, 0.25) is 10.0 Å². The average molecular weight is 425 g/mol. The predicted molar refractivity (Wildman–Crippen MR) is 108 cm³/mol. The van der Waals surface area contributed by atoms with Crippen molar-refractivity contribution in [1.82, 2.24) is 0 Å². The van der Waals surface area contributed by atoms with Gasteiger partial charge in [-0.25, -0.2) is 8.42 Å². The Hall–Kier alpha value is -1.76. The summed E-state index contributed by atoms with van der Waals surface area (Å²) >= 11 is 12.3. The molecule has 1 N–H and O–H groups in total. The molecule has 1 aliphatic heterocycles. The van der Waals surface area contributed by atoms with E-state index in [0.29, 0.717) is 34.4 Å². The van der Waals surface area contributed by atoms with Gasteiger partial charge in [0.05, 0.1) is 27.6 Å². The highest BCUT2D eigenvalue weighted by atomic mass is 35.5. The van der Waals surface area contributed by atoms with Crippen molar-refractivity contribution in [2.75, 3.05) is 21.9 Å². The molecule has 0 aromatic heterocycles. The third-order valence-electron chi connectivity index (χ3n) is 5.15. The van der Waals surface area contributed by atoms with Crippen LogP contribution in [0.5, 0.6) is 0 Å². The number of carbonyl (C=O) groups is 1. The van der Waals surface area contributed by atoms with Gasteiger partial charge in [0.25, 0.3) is 0 Å². The van der Waals surface area contributed by atoms with Gasteiger partial charge in [0.1, 0.15) is 0 Å².